The van der Waals surface area contributed by atoms with Gasteiger partial charge in [-0.25, -0.2) is 0 Å². The van der Waals surface area contributed by atoms with Crippen molar-refractivity contribution in [3.63, 3.8) is 0 Å². The van der Waals surface area contributed by atoms with E-state index in [1.54, 1.807) is 7.11 Å². The normalized spacial score (nSPS) is 26.7. The minimum absolute atomic E-state index is 0.0735. The Hall–Kier alpha value is -2.89. The van der Waals surface area contributed by atoms with E-state index < -0.39 is 5.97 Å². The number of carboxylic acid groups (broad SMARTS) is 1. The van der Waals surface area contributed by atoms with Crippen molar-refractivity contribution in [3.8, 4) is 11.1 Å². The zero-order chi connectivity index (χ0) is 26.4. The van der Waals surface area contributed by atoms with E-state index in [0.717, 1.165) is 25.9 Å². The van der Waals surface area contributed by atoms with Crippen LogP contribution in [-0.4, -0.2) is 30.9 Å². The van der Waals surface area contributed by atoms with Gasteiger partial charge in [0.05, 0.1) is 19.8 Å². The van der Waals surface area contributed by atoms with Crippen molar-refractivity contribution in [3.05, 3.63) is 83.6 Å². The van der Waals surface area contributed by atoms with Gasteiger partial charge in [0.2, 0.25) is 0 Å². The van der Waals surface area contributed by atoms with Crippen LogP contribution in [0.5, 0.6) is 0 Å². The average molecular weight is 516 g/mol. The van der Waals surface area contributed by atoms with E-state index in [9.17, 15) is 4.79 Å². The Morgan fingerprint density at radius 3 is 2.50 bits per heavy atom. The van der Waals surface area contributed by atoms with Gasteiger partial charge >= 0.3 is 5.97 Å². The molecule has 0 aromatic heterocycles. The van der Waals surface area contributed by atoms with Gasteiger partial charge < -0.3 is 9.84 Å². The summed E-state index contributed by atoms with van der Waals surface area (Å²) in [5, 5.41) is 8.97. The molecule has 2 bridgehead atoms. The molecule has 2 aliphatic carbocycles. The largest absolute Gasteiger partial charge is 0.481 e. The Balaban J connectivity index is 1.47. The number of benzene rings is 2. The van der Waals surface area contributed by atoms with Crippen molar-refractivity contribution in [2.45, 2.75) is 75.7 Å². The molecule has 2 N–H and O–H groups in total. The summed E-state index contributed by atoms with van der Waals surface area (Å²) in [7, 11) is 1.72. The summed E-state index contributed by atoms with van der Waals surface area (Å²) in [6.45, 7) is 0.730. The summed E-state index contributed by atoms with van der Waals surface area (Å²) < 4.78 is 6.51. The van der Waals surface area contributed by atoms with Crippen molar-refractivity contribution < 1.29 is 19.5 Å². The highest BCUT2D eigenvalue weighted by atomic mass is 16.6. The Bertz CT molecular complexity index is 1130. The molecule has 0 radical (unpaired) electrons. The zero-order valence-corrected chi connectivity index (χ0v) is 22.5. The molecular weight excluding hydrogens is 474 g/mol. The molecule has 2 saturated carbocycles. The van der Waals surface area contributed by atoms with Crippen LogP contribution in [0.3, 0.4) is 0 Å². The number of fused-ring (bicyclic) bond motifs is 2. The molecule has 202 valence electrons. The molecule has 3 fully saturated rings. The summed E-state index contributed by atoms with van der Waals surface area (Å²) in [5.74, 6) is 0.0786. The van der Waals surface area contributed by atoms with Gasteiger partial charge in [-0.05, 0) is 66.7 Å². The van der Waals surface area contributed by atoms with Gasteiger partial charge in [0.15, 0.2) is 0 Å². The zero-order valence-electron chi connectivity index (χ0n) is 22.5. The van der Waals surface area contributed by atoms with Gasteiger partial charge in [-0.1, -0.05) is 86.0 Å². The molecule has 1 saturated heterocycles. The third-order valence-electron chi connectivity index (χ3n) is 8.88. The van der Waals surface area contributed by atoms with E-state index in [1.807, 2.05) is 0 Å². The lowest BCUT2D eigenvalue weighted by Crippen LogP contribution is -2.38. The molecule has 0 unspecified atom stereocenters. The van der Waals surface area contributed by atoms with Crippen LogP contribution in [-0.2, 0) is 19.8 Å². The van der Waals surface area contributed by atoms with Crippen LogP contribution >= 0.6 is 0 Å². The first-order valence-corrected chi connectivity index (χ1v) is 14.3. The van der Waals surface area contributed by atoms with Crippen molar-refractivity contribution >= 4 is 5.97 Å². The van der Waals surface area contributed by atoms with Crippen molar-refractivity contribution in [2.24, 2.45) is 11.8 Å². The fourth-order valence-electron chi connectivity index (χ4n) is 7.00. The summed E-state index contributed by atoms with van der Waals surface area (Å²) in [6.07, 6.45) is 14.4. The van der Waals surface area contributed by atoms with Gasteiger partial charge in [0.25, 0.3) is 0 Å². The van der Waals surface area contributed by atoms with Gasteiger partial charge in [-0.3, -0.25) is 15.1 Å². The molecule has 0 amide bonds. The van der Waals surface area contributed by atoms with E-state index in [1.165, 1.54) is 60.1 Å². The number of unbranched alkanes of at least 4 members (excludes halogenated alkanes) is 1. The van der Waals surface area contributed by atoms with Crippen LogP contribution < -0.4 is 5.48 Å². The summed E-state index contributed by atoms with van der Waals surface area (Å²) in [5.41, 5.74) is 9.73. The molecule has 3 atom stereocenters. The molecule has 5 rings (SSSR count). The summed E-state index contributed by atoms with van der Waals surface area (Å²) in [4.78, 5) is 16.5. The van der Waals surface area contributed by atoms with E-state index in [-0.39, 0.29) is 17.9 Å². The second-order valence-electron chi connectivity index (χ2n) is 11.2. The molecule has 38 heavy (non-hydrogen) atoms. The third kappa shape index (κ3) is 5.60. The van der Waals surface area contributed by atoms with Crippen molar-refractivity contribution in [1.29, 1.82) is 0 Å². The number of hydrogen-bond donors (Lipinski definition) is 2. The van der Waals surface area contributed by atoms with Crippen LogP contribution in [0.4, 0.5) is 0 Å². The standard InChI is InChI=1S/C33H41NO4/c1-37-34-32(26-14-8-5-9-15-26)31-28(16-10-2-3-11-17-30(35)36)33(22-29(31)38-23-33)27-20-18-25(19-21-27)24-12-6-4-7-13-24/h2,4,6-7,10,12-13,18-21,26,28-29,34H,3,5,8-9,11,14-17,22-23H2,1H3,(H,35,36)/t28-,29-,33-/m0/s1. The third-order valence-corrected chi connectivity index (χ3v) is 8.88. The van der Waals surface area contributed by atoms with Gasteiger partial charge in [0.1, 0.15) is 0 Å². The highest BCUT2D eigenvalue weighted by Gasteiger charge is 2.57. The van der Waals surface area contributed by atoms with Gasteiger partial charge in [-0.15, -0.1) is 0 Å². The minimum atomic E-state index is -0.727. The predicted molar refractivity (Wildman–Crippen MR) is 150 cm³/mol. The molecule has 5 nitrogen and oxygen atoms in total. The Morgan fingerprint density at radius 2 is 1.79 bits per heavy atom. The number of aliphatic carboxylic acids is 1. The molecular formula is C33H41NO4. The lowest BCUT2D eigenvalue weighted by molar-refractivity contribution is -0.137. The van der Waals surface area contributed by atoms with Gasteiger partial charge in [0, 0.05) is 23.5 Å². The van der Waals surface area contributed by atoms with E-state index in [0.29, 0.717) is 18.3 Å². The number of rotatable bonds is 11. The van der Waals surface area contributed by atoms with E-state index in [2.05, 4.69) is 72.2 Å². The van der Waals surface area contributed by atoms with Crippen molar-refractivity contribution in [1.82, 2.24) is 5.48 Å². The first-order chi connectivity index (χ1) is 18.6. The fourth-order valence-corrected chi connectivity index (χ4v) is 7.00. The molecule has 2 aromatic rings. The van der Waals surface area contributed by atoms with Crippen LogP contribution in [0, 0.1) is 11.8 Å². The lowest BCUT2D eigenvalue weighted by atomic mass is 9.69. The smallest absolute Gasteiger partial charge is 0.303 e. The van der Waals surface area contributed by atoms with Crippen LogP contribution in [0.2, 0.25) is 0 Å². The number of hydroxylamine groups is 1. The highest BCUT2D eigenvalue weighted by molar-refractivity contribution is 5.66. The van der Waals surface area contributed by atoms with E-state index in [4.69, 9.17) is 14.7 Å². The second kappa shape index (κ2) is 12.3. The Labute approximate surface area is 226 Å². The SMILES string of the molecule is CONC(=C1[C@@H]2C[C@@](c3ccc(-c4ccccc4)cc3)(CO2)[C@H]1CC=CCCCC(=O)O)C1CCCCC1. The number of ether oxygens (including phenoxy) is 1. The maximum Gasteiger partial charge on any atom is 0.303 e. The lowest BCUT2D eigenvalue weighted by Gasteiger charge is -2.38. The molecule has 5 heteroatoms. The molecule has 1 aliphatic heterocycles. The van der Waals surface area contributed by atoms with Crippen LogP contribution in [0.25, 0.3) is 11.1 Å². The number of allylic oxidation sites excluding steroid dienone is 3. The summed E-state index contributed by atoms with van der Waals surface area (Å²) in [6, 6.07) is 19.7. The maximum atomic E-state index is 10.9. The summed E-state index contributed by atoms with van der Waals surface area (Å²) >= 11 is 0. The number of carboxylic acids is 1. The average Bonchev–Trinajstić information content (AvgIpc) is 3.53. The minimum Gasteiger partial charge on any atom is -0.481 e. The topological polar surface area (TPSA) is 67.8 Å². The Kier molecular flexibility index (Phi) is 8.65. The molecule has 0 spiro atoms. The van der Waals surface area contributed by atoms with E-state index >= 15 is 0 Å². The number of nitrogens with one attached hydrogen (secondary N) is 1. The number of carbonyl (C=O) groups is 1. The molecule has 2 aromatic carbocycles. The number of hydrogen-bond acceptors (Lipinski definition) is 4. The quantitative estimate of drug-likeness (QED) is 0.188. The second-order valence-corrected chi connectivity index (χ2v) is 11.2. The van der Waals surface area contributed by atoms with Gasteiger partial charge in [-0.2, -0.15) is 0 Å². The maximum absolute atomic E-state index is 10.9. The first kappa shape index (κ1) is 26.7. The van der Waals surface area contributed by atoms with Crippen LogP contribution in [0.1, 0.15) is 69.8 Å². The molecule has 1 heterocycles. The van der Waals surface area contributed by atoms with Crippen LogP contribution in [0.15, 0.2) is 78.0 Å². The Morgan fingerprint density at radius 1 is 1.05 bits per heavy atom. The highest BCUT2D eigenvalue weighted by Crippen LogP contribution is 2.58. The fraction of sp³-hybridized carbons (Fsp3) is 0.485. The first-order valence-electron chi connectivity index (χ1n) is 14.3. The molecule has 3 aliphatic rings. The van der Waals surface area contributed by atoms with Crippen molar-refractivity contribution in [2.75, 3.05) is 13.7 Å². The predicted octanol–water partition coefficient (Wildman–Crippen LogP) is 7.20. The monoisotopic (exact) mass is 515 g/mol.